The Morgan fingerprint density at radius 1 is 1.27 bits per heavy atom. The van der Waals surface area contributed by atoms with Gasteiger partial charge in [0, 0.05) is 37.9 Å². The van der Waals surface area contributed by atoms with Gasteiger partial charge >= 0.3 is 0 Å². The Labute approximate surface area is 181 Å². The van der Waals surface area contributed by atoms with Crippen LogP contribution in [0.1, 0.15) is 42.5 Å². The molecule has 0 atom stereocenters. The minimum absolute atomic E-state index is 0.0847. The van der Waals surface area contributed by atoms with E-state index in [1.165, 1.54) is 0 Å². The second-order valence-corrected chi connectivity index (χ2v) is 8.95. The van der Waals surface area contributed by atoms with E-state index >= 15 is 0 Å². The molecule has 0 spiro atoms. The topological polar surface area (TPSA) is 63.5 Å². The van der Waals surface area contributed by atoms with Gasteiger partial charge in [-0.1, -0.05) is 23.5 Å². The van der Waals surface area contributed by atoms with E-state index in [0.29, 0.717) is 12.2 Å². The summed E-state index contributed by atoms with van der Waals surface area (Å²) < 4.78 is 8.42. The van der Waals surface area contributed by atoms with Crippen molar-refractivity contribution in [3.63, 3.8) is 0 Å². The number of anilines is 1. The van der Waals surface area contributed by atoms with Crippen molar-refractivity contribution in [3.8, 4) is 0 Å². The Hall–Kier alpha value is -2.29. The lowest BCUT2D eigenvalue weighted by Gasteiger charge is -2.27. The van der Waals surface area contributed by atoms with Gasteiger partial charge in [0.05, 0.1) is 23.4 Å². The molecule has 1 aliphatic heterocycles. The third-order valence-corrected chi connectivity index (χ3v) is 6.41. The van der Waals surface area contributed by atoms with Gasteiger partial charge in [-0.15, -0.1) is 0 Å². The molecule has 3 heterocycles. The summed E-state index contributed by atoms with van der Waals surface area (Å²) in [5.41, 5.74) is 2.39. The summed E-state index contributed by atoms with van der Waals surface area (Å²) in [6, 6.07) is 10.1. The summed E-state index contributed by atoms with van der Waals surface area (Å²) in [7, 11) is 0. The number of amides is 1. The zero-order valence-electron chi connectivity index (χ0n) is 17.9. The molecule has 3 aromatic rings. The number of benzene rings is 1. The molecule has 7 nitrogen and oxygen atoms in total. The number of para-hydroxylation sites is 1. The molecule has 0 N–H and O–H groups in total. The molecule has 30 heavy (non-hydrogen) atoms. The molecule has 0 aliphatic carbocycles. The Morgan fingerprint density at radius 3 is 2.73 bits per heavy atom. The molecule has 0 saturated carbocycles. The monoisotopic (exact) mass is 427 g/mol. The number of hydrogen-bond donors (Lipinski definition) is 0. The Balaban J connectivity index is 1.57. The predicted octanol–water partition coefficient (Wildman–Crippen LogP) is 3.75. The van der Waals surface area contributed by atoms with Gasteiger partial charge in [-0.25, -0.2) is 4.98 Å². The first-order chi connectivity index (χ1) is 14.5. The summed E-state index contributed by atoms with van der Waals surface area (Å²) in [4.78, 5) is 22.4. The molecule has 1 aliphatic rings. The lowest BCUT2D eigenvalue weighted by molar-refractivity contribution is 0.0376. The quantitative estimate of drug-likeness (QED) is 0.575. The Kier molecular flexibility index (Phi) is 6.46. The molecule has 1 amide bonds. The van der Waals surface area contributed by atoms with Crippen LogP contribution in [0.2, 0.25) is 0 Å². The number of fused-ring (bicyclic) bond motifs is 1. The van der Waals surface area contributed by atoms with Crippen molar-refractivity contribution in [1.82, 2.24) is 19.7 Å². The third-order valence-electron chi connectivity index (χ3n) is 5.35. The van der Waals surface area contributed by atoms with Gasteiger partial charge in [-0.2, -0.15) is 5.10 Å². The molecule has 8 heteroatoms. The first-order valence-electron chi connectivity index (χ1n) is 10.6. The van der Waals surface area contributed by atoms with E-state index in [2.05, 4.69) is 23.8 Å². The summed E-state index contributed by atoms with van der Waals surface area (Å²) in [5, 5.41) is 5.32. The van der Waals surface area contributed by atoms with Crippen LogP contribution in [0.5, 0.6) is 0 Å². The zero-order valence-corrected chi connectivity index (χ0v) is 18.7. The number of ether oxygens (including phenoxy) is 1. The lowest BCUT2D eigenvalue weighted by Crippen LogP contribution is -2.39. The number of nitrogens with zero attached hydrogens (tertiary/aromatic N) is 5. The van der Waals surface area contributed by atoms with Gasteiger partial charge < -0.3 is 4.74 Å². The number of rotatable bonds is 7. The first-order valence-corrected chi connectivity index (χ1v) is 11.4. The highest BCUT2D eigenvalue weighted by atomic mass is 32.1. The highest BCUT2D eigenvalue weighted by Gasteiger charge is 2.24. The fraction of sp³-hybridized carbons (Fsp3) is 0.500. The van der Waals surface area contributed by atoms with Gasteiger partial charge in [-0.3, -0.25) is 19.3 Å². The maximum atomic E-state index is 13.5. The molecular weight excluding hydrogens is 398 g/mol. The molecule has 1 fully saturated rings. The van der Waals surface area contributed by atoms with Crippen LogP contribution in [0.3, 0.4) is 0 Å². The smallest absolute Gasteiger partial charge is 0.280 e. The van der Waals surface area contributed by atoms with Gasteiger partial charge in [-0.05, 0) is 45.4 Å². The van der Waals surface area contributed by atoms with E-state index in [4.69, 9.17) is 9.72 Å². The van der Waals surface area contributed by atoms with Gasteiger partial charge in [0.25, 0.3) is 5.91 Å². The van der Waals surface area contributed by atoms with Crippen molar-refractivity contribution in [2.45, 2.75) is 33.2 Å². The number of carbonyl (C=O) groups is 1. The molecule has 1 aromatic carbocycles. The number of morpholine rings is 1. The van der Waals surface area contributed by atoms with Crippen LogP contribution in [0, 0.1) is 6.92 Å². The average Bonchev–Trinajstić information content (AvgIpc) is 3.35. The standard InChI is InChI=1S/C22H29N5O2S/c1-16(2)27-17(3)15-19(24-27)21(28)26(10-6-9-25-11-13-29-14-12-25)22-23-18-7-4-5-8-20(18)30-22/h4-5,7-8,15-16H,6,9-14H2,1-3H3. The maximum Gasteiger partial charge on any atom is 0.280 e. The molecule has 1 saturated heterocycles. The Morgan fingerprint density at radius 2 is 2.03 bits per heavy atom. The summed E-state index contributed by atoms with van der Waals surface area (Å²) in [6.45, 7) is 11.2. The van der Waals surface area contributed by atoms with Crippen LogP contribution in [-0.2, 0) is 4.74 Å². The van der Waals surface area contributed by atoms with Crippen molar-refractivity contribution in [2.75, 3.05) is 44.3 Å². The number of aromatic nitrogens is 3. The van der Waals surface area contributed by atoms with Crippen LogP contribution < -0.4 is 4.90 Å². The van der Waals surface area contributed by atoms with Crippen molar-refractivity contribution in [1.29, 1.82) is 0 Å². The molecule has 0 bridgehead atoms. The van der Waals surface area contributed by atoms with Crippen LogP contribution in [0.15, 0.2) is 30.3 Å². The fourth-order valence-corrected chi connectivity index (χ4v) is 4.78. The van der Waals surface area contributed by atoms with E-state index in [0.717, 1.165) is 60.3 Å². The summed E-state index contributed by atoms with van der Waals surface area (Å²) in [6.07, 6.45) is 0.880. The van der Waals surface area contributed by atoms with E-state index in [9.17, 15) is 4.79 Å². The number of thiazole rings is 1. The van der Waals surface area contributed by atoms with E-state index in [1.807, 2.05) is 41.9 Å². The maximum absolute atomic E-state index is 13.5. The molecule has 4 rings (SSSR count). The van der Waals surface area contributed by atoms with Crippen molar-refractivity contribution < 1.29 is 9.53 Å². The second-order valence-electron chi connectivity index (χ2n) is 7.94. The summed E-state index contributed by atoms with van der Waals surface area (Å²) >= 11 is 1.56. The molecule has 2 aromatic heterocycles. The molecule has 0 radical (unpaired) electrons. The lowest BCUT2D eigenvalue weighted by atomic mass is 10.3. The Bertz CT molecular complexity index is 973. The highest BCUT2D eigenvalue weighted by Crippen LogP contribution is 2.30. The zero-order chi connectivity index (χ0) is 21.1. The van der Waals surface area contributed by atoms with E-state index < -0.39 is 0 Å². The van der Waals surface area contributed by atoms with Gasteiger partial charge in [0.1, 0.15) is 0 Å². The second kappa shape index (κ2) is 9.24. The first kappa shape index (κ1) is 21.0. The van der Waals surface area contributed by atoms with E-state index in [-0.39, 0.29) is 11.9 Å². The van der Waals surface area contributed by atoms with Gasteiger partial charge in [0.2, 0.25) is 0 Å². The van der Waals surface area contributed by atoms with E-state index in [1.54, 1.807) is 16.2 Å². The highest BCUT2D eigenvalue weighted by molar-refractivity contribution is 7.22. The molecule has 160 valence electrons. The van der Waals surface area contributed by atoms with Crippen LogP contribution in [0.25, 0.3) is 10.2 Å². The number of aryl methyl sites for hydroxylation is 1. The normalized spacial score (nSPS) is 15.2. The van der Waals surface area contributed by atoms with Crippen molar-refractivity contribution in [2.24, 2.45) is 0 Å². The van der Waals surface area contributed by atoms with Crippen LogP contribution in [0.4, 0.5) is 5.13 Å². The number of hydrogen-bond acceptors (Lipinski definition) is 6. The van der Waals surface area contributed by atoms with Crippen LogP contribution in [-0.4, -0.2) is 65.0 Å². The minimum atomic E-state index is -0.0847. The SMILES string of the molecule is Cc1cc(C(=O)N(CCCN2CCOCC2)c2nc3ccccc3s2)nn1C(C)C. The average molecular weight is 428 g/mol. The van der Waals surface area contributed by atoms with Gasteiger partial charge in [0.15, 0.2) is 10.8 Å². The number of carbonyl (C=O) groups excluding carboxylic acids is 1. The predicted molar refractivity (Wildman–Crippen MR) is 121 cm³/mol. The molecule has 0 unspecified atom stereocenters. The minimum Gasteiger partial charge on any atom is -0.379 e. The summed E-state index contributed by atoms with van der Waals surface area (Å²) in [5.74, 6) is -0.0847. The third kappa shape index (κ3) is 4.55. The van der Waals surface area contributed by atoms with Crippen molar-refractivity contribution in [3.05, 3.63) is 41.7 Å². The van der Waals surface area contributed by atoms with Crippen LogP contribution >= 0.6 is 11.3 Å². The molecular formula is C22H29N5O2S. The van der Waals surface area contributed by atoms with Crippen molar-refractivity contribution >= 4 is 32.6 Å². The fourth-order valence-electron chi connectivity index (χ4n) is 3.79. The largest absolute Gasteiger partial charge is 0.379 e.